The zero-order chi connectivity index (χ0) is 19.2. The molecule has 0 saturated carbocycles. The van der Waals surface area contributed by atoms with Crippen LogP contribution in [0.4, 0.5) is 0 Å². The second kappa shape index (κ2) is 9.15. The van der Waals surface area contributed by atoms with Gasteiger partial charge in [-0.3, -0.25) is 14.5 Å². The Balaban J connectivity index is 1.85. The van der Waals surface area contributed by atoms with Crippen molar-refractivity contribution in [1.29, 1.82) is 0 Å². The van der Waals surface area contributed by atoms with Crippen molar-refractivity contribution in [3.63, 3.8) is 0 Å². The second-order valence-electron chi connectivity index (χ2n) is 6.82. The van der Waals surface area contributed by atoms with Crippen LogP contribution in [-0.4, -0.2) is 79.0 Å². The van der Waals surface area contributed by atoms with Crippen molar-refractivity contribution in [3.8, 4) is 0 Å². The predicted octanol–water partition coefficient (Wildman–Crippen LogP) is 1.83. The molecule has 27 heavy (non-hydrogen) atoms. The largest absolute Gasteiger partial charge is 0.382 e. The highest BCUT2D eigenvalue weighted by Gasteiger charge is 2.41. The summed E-state index contributed by atoms with van der Waals surface area (Å²) in [5, 5.41) is 0. The predicted molar refractivity (Wildman–Crippen MR) is 105 cm³/mol. The summed E-state index contributed by atoms with van der Waals surface area (Å²) in [5.74, 6) is -0.351. The fourth-order valence-corrected chi connectivity index (χ4v) is 3.68. The summed E-state index contributed by atoms with van der Waals surface area (Å²) >= 11 is 0. The van der Waals surface area contributed by atoms with Crippen molar-refractivity contribution in [2.24, 2.45) is 0 Å². The molecule has 6 nitrogen and oxygen atoms in total. The summed E-state index contributed by atoms with van der Waals surface area (Å²) in [4.78, 5) is 32.1. The highest BCUT2D eigenvalue weighted by Crippen LogP contribution is 2.32. The van der Waals surface area contributed by atoms with Gasteiger partial charge in [0.2, 0.25) is 0 Å². The fraction of sp³-hybridized carbons (Fsp3) is 0.524. The molecule has 1 aromatic rings. The molecule has 0 atom stereocenters. The number of benzene rings is 1. The maximum absolute atomic E-state index is 13.2. The van der Waals surface area contributed by atoms with Gasteiger partial charge in [-0.25, -0.2) is 0 Å². The van der Waals surface area contributed by atoms with E-state index in [4.69, 9.17) is 4.74 Å². The van der Waals surface area contributed by atoms with Crippen LogP contribution in [0, 0.1) is 0 Å². The lowest BCUT2D eigenvalue weighted by atomic mass is 10.0. The van der Waals surface area contributed by atoms with Gasteiger partial charge in [-0.15, -0.1) is 0 Å². The molecule has 0 unspecified atom stereocenters. The fourth-order valence-electron chi connectivity index (χ4n) is 3.68. The quantitative estimate of drug-likeness (QED) is 0.515. The van der Waals surface area contributed by atoms with Gasteiger partial charge in [0.1, 0.15) is 5.70 Å². The van der Waals surface area contributed by atoms with Crippen molar-refractivity contribution in [1.82, 2.24) is 14.7 Å². The van der Waals surface area contributed by atoms with Gasteiger partial charge in [0.15, 0.2) is 0 Å². The molecule has 0 aliphatic carbocycles. The first-order valence-corrected chi connectivity index (χ1v) is 9.88. The lowest BCUT2D eigenvalue weighted by Gasteiger charge is -2.36. The number of piperazine rings is 1. The molecule has 1 aromatic carbocycles. The average Bonchev–Trinajstić information content (AvgIpc) is 2.96. The summed E-state index contributed by atoms with van der Waals surface area (Å²) < 4.78 is 5.36. The molecule has 2 aliphatic heterocycles. The van der Waals surface area contributed by atoms with Crippen molar-refractivity contribution in [2.75, 3.05) is 52.5 Å². The van der Waals surface area contributed by atoms with E-state index in [1.165, 1.54) is 4.90 Å². The average molecular weight is 371 g/mol. The van der Waals surface area contributed by atoms with Crippen LogP contribution in [0.3, 0.4) is 0 Å². The standard InChI is InChI=1S/C21H29N3O3/c1-3-22-12-14-23(15-13-22)19-18(17-9-6-5-7-10-17)20(25)24(21(19)26)11-8-16-27-4-2/h5-7,9-10H,3-4,8,11-16H2,1-2H3. The number of hydrogen-bond acceptors (Lipinski definition) is 5. The summed E-state index contributed by atoms with van der Waals surface area (Å²) in [5.41, 5.74) is 1.93. The molecule has 0 N–H and O–H groups in total. The Morgan fingerprint density at radius 3 is 2.30 bits per heavy atom. The molecule has 1 saturated heterocycles. The summed E-state index contributed by atoms with van der Waals surface area (Å²) in [6.45, 7) is 10.0. The Bertz CT molecular complexity index is 694. The van der Waals surface area contributed by atoms with E-state index in [2.05, 4.69) is 16.7 Å². The van der Waals surface area contributed by atoms with Crippen molar-refractivity contribution >= 4 is 17.4 Å². The van der Waals surface area contributed by atoms with Crippen LogP contribution in [0.25, 0.3) is 5.57 Å². The van der Waals surface area contributed by atoms with Crippen LogP contribution in [0.5, 0.6) is 0 Å². The van der Waals surface area contributed by atoms with Crippen LogP contribution in [0.1, 0.15) is 25.8 Å². The third-order valence-electron chi connectivity index (χ3n) is 5.22. The molecule has 2 amide bonds. The first-order chi connectivity index (χ1) is 13.2. The zero-order valence-corrected chi connectivity index (χ0v) is 16.3. The number of ether oxygens (including phenoxy) is 1. The minimum atomic E-state index is -0.185. The van der Waals surface area contributed by atoms with E-state index in [1.54, 1.807) is 0 Å². The number of rotatable bonds is 8. The Hall–Kier alpha value is -2.18. The maximum Gasteiger partial charge on any atom is 0.277 e. The van der Waals surface area contributed by atoms with Gasteiger partial charge in [-0.1, -0.05) is 37.3 Å². The van der Waals surface area contributed by atoms with Crippen LogP contribution < -0.4 is 0 Å². The molecule has 0 radical (unpaired) electrons. The van der Waals surface area contributed by atoms with E-state index >= 15 is 0 Å². The maximum atomic E-state index is 13.2. The third kappa shape index (κ3) is 4.22. The molecule has 0 bridgehead atoms. The zero-order valence-electron chi connectivity index (χ0n) is 16.3. The highest BCUT2D eigenvalue weighted by molar-refractivity contribution is 6.35. The highest BCUT2D eigenvalue weighted by atomic mass is 16.5. The van der Waals surface area contributed by atoms with E-state index in [1.807, 2.05) is 37.3 Å². The summed E-state index contributed by atoms with van der Waals surface area (Å²) in [6, 6.07) is 9.55. The van der Waals surface area contributed by atoms with Crippen molar-refractivity contribution in [2.45, 2.75) is 20.3 Å². The minimum Gasteiger partial charge on any atom is -0.382 e. The van der Waals surface area contributed by atoms with Gasteiger partial charge >= 0.3 is 0 Å². The van der Waals surface area contributed by atoms with E-state index < -0.39 is 0 Å². The molecule has 2 aliphatic rings. The Morgan fingerprint density at radius 2 is 1.67 bits per heavy atom. The van der Waals surface area contributed by atoms with Crippen molar-refractivity contribution < 1.29 is 14.3 Å². The van der Waals surface area contributed by atoms with E-state index in [9.17, 15) is 9.59 Å². The topological polar surface area (TPSA) is 53.1 Å². The number of amides is 2. The molecule has 3 rings (SSSR count). The summed E-state index contributed by atoms with van der Waals surface area (Å²) in [6.07, 6.45) is 0.657. The Labute approximate surface area is 161 Å². The number of carbonyl (C=O) groups is 2. The SMILES string of the molecule is CCOCCCN1C(=O)C(c2ccccc2)=C(N2CCN(CC)CC2)C1=O. The number of likely N-dealkylation sites (N-methyl/N-ethyl adjacent to an activating group) is 1. The van der Waals surface area contributed by atoms with E-state index in [0.29, 0.717) is 37.4 Å². The number of imide groups is 1. The van der Waals surface area contributed by atoms with Gasteiger partial charge in [-0.2, -0.15) is 0 Å². The first kappa shape index (κ1) is 19.6. The molecule has 0 spiro atoms. The van der Waals surface area contributed by atoms with Gasteiger partial charge in [-0.05, 0) is 25.5 Å². The van der Waals surface area contributed by atoms with Crippen molar-refractivity contribution in [3.05, 3.63) is 41.6 Å². The third-order valence-corrected chi connectivity index (χ3v) is 5.22. The minimum absolute atomic E-state index is 0.166. The number of carbonyl (C=O) groups excluding carboxylic acids is 2. The van der Waals surface area contributed by atoms with Crippen LogP contribution in [0.15, 0.2) is 36.0 Å². The smallest absolute Gasteiger partial charge is 0.277 e. The van der Waals surface area contributed by atoms with Crippen LogP contribution in [0.2, 0.25) is 0 Å². The molecule has 1 fully saturated rings. The van der Waals surface area contributed by atoms with Crippen LogP contribution in [-0.2, 0) is 14.3 Å². The van der Waals surface area contributed by atoms with Crippen LogP contribution >= 0.6 is 0 Å². The van der Waals surface area contributed by atoms with E-state index in [-0.39, 0.29) is 11.8 Å². The van der Waals surface area contributed by atoms with Gasteiger partial charge in [0, 0.05) is 45.9 Å². The molecule has 2 heterocycles. The van der Waals surface area contributed by atoms with Gasteiger partial charge in [0.05, 0.1) is 5.57 Å². The number of hydrogen-bond donors (Lipinski definition) is 0. The molecule has 0 aromatic heterocycles. The first-order valence-electron chi connectivity index (χ1n) is 9.88. The molecule has 6 heteroatoms. The number of nitrogens with zero attached hydrogens (tertiary/aromatic N) is 3. The van der Waals surface area contributed by atoms with E-state index in [0.717, 1.165) is 38.3 Å². The van der Waals surface area contributed by atoms with Gasteiger partial charge in [0.25, 0.3) is 11.8 Å². The molecular formula is C21H29N3O3. The monoisotopic (exact) mass is 371 g/mol. The normalized spacial score (nSPS) is 18.7. The lowest BCUT2D eigenvalue weighted by Crippen LogP contribution is -2.47. The van der Waals surface area contributed by atoms with Gasteiger partial charge < -0.3 is 14.5 Å². The lowest BCUT2D eigenvalue weighted by molar-refractivity contribution is -0.137. The Kier molecular flexibility index (Phi) is 6.63. The Morgan fingerprint density at radius 1 is 0.963 bits per heavy atom. The summed E-state index contributed by atoms with van der Waals surface area (Å²) in [7, 11) is 0. The molecule has 146 valence electrons. The molecular weight excluding hydrogens is 342 g/mol. The second-order valence-corrected chi connectivity index (χ2v) is 6.82.